The summed E-state index contributed by atoms with van der Waals surface area (Å²) in [7, 11) is 2.20. The van der Waals surface area contributed by atoms with Gasteiger partial charge in [-0.05, 0) is 38.9 Å². The van der Waals surface area contributed by atoms with Crippen molar-refractivity contribution in [3.8, 4) is 11.5 Å². The minimum Gasteiger partial charge on any atom is -0.449 e. The summed E-state index contributed by atoms with van der Waals surface area (Å²) in [6.07, 6.45) is 2.36. The number of hydrogen-bond donors (Lipinski definition) is 1. The van der Waals surface area contributed by atoms with Gasteiger partial charge in [0.25, 0.3) is 0 Å². The number of benzene rings is 1. The Morgan fingerprint density at radius 2 is 2.00 bits per heavy atom. The maximum Gasteiger partial charge on any atom is 0.246 e. The standard InChI is InChI=1S/C16H24N2O2/c1-11-9-13(7-8-18(11)4)17-12-5-6-14-15(10-12)20-16(2,3)19-14/h5-6,10-11,13,17H,7-9H2,1-4H3. The minimum absolute atomic E-state index is 0.537. The van der Waals surface area contributed by atoms with Crippen molar-refractivity contribution >= 4 is 5.69 Å². The number of piperidine rings is 1. The van der Waals surface area contributed by atoms with E-state index in [1.54, 1.807) is 0 Å². The third kappa shape index (κ3) is 2.70. The molecule has 110 valence electrons. The molecule has 0 spiro atoms. The van der Waals surface area contributed by atoms with Gasteiger partial charge in [-0.3, -0.25) is 0 Å². The highest BCUT2D eigenvalue weighted by Crippen LogP contribution is 2.40. The van der Waals surface area contributed by atoms with Crippen molar-refractivity contribution in [3.63, 3.8) is 0 Å². The fraction of sp³-hybridized carbons (Fsp3) is 0.625. The summed E-state index contributed by atoms with van der Waals surface area (Å²) >= 11 is 0. The molecule has 0 radical (unpaired) electrons. The van der Waals surface area contributed by atoms with Crippen LogP contribution in [-0.4, -0.2) is 36.4 Å². The monoisotopic (exact) mass is 276 g/mol. The molecule has 2 atom stereocenters. The van der Waals surface area contributed by atoms with Crippen molar-refractivity contribution in [2.24, 2.45) is 0 Å². The van der Waals surface area contributed by atoms with Gasteiger partial charge in [0.15, 0.2) is 11.5 Å². The molecule has 1 N–H and O–H groups in total. The number of nitrogens with zero attached hydrogens (tertiary/aromatic N) is 1. The first-order valence-electron chi connectivity index (χ1n) is 7.42. The average Bonchev–Trinajstić information content (AvgIpc) is 2.67. The number of nitrogens with one attached hydrogen (secondary N) is 1. The third-order valence-corrected chi connectivity index (χ3v) is 4.23. The quantitative estimate of drug-likeness (QED) is 0.900. The fourth-order valence-corrected chi connectivity index (χ4v) is 2.97. The van der Waals surface area contributed by atoms with E-state index in [2.05, 4.69) is 30.3 Å². The summed E-state index contributed by atoms with van der Waals surface area (Å²) < 4.78 is 11.5. The van der Waals surface area contributed by atoms with Crippen LogP contribution in [0.3, 0.4) is 0 Å². The molecule has 0 amide bonds. The zero-order chi connectivity index (χ0) is 14.3. The number of hydrogen-bond acceptors (Lipinski definition) is 4. The molecule has 0 bridgehead atoms. The van der Waals surface area contributed by atoms with E-state index >= 15 is 0 Å². The molecule has 2 aliphatic rings. The fourth-order valence-electron chi connectivity index (χ4n) is 2.97. The highest BCUT2D eigenvalue weighted by Gasteiger charge is 2.32. The Balaban J connectivity index is 1.68. The highest BCUT2D eigenvalue weighted by molar-refractivity contribution is 5.56. The largest absolute Gasteiger partial charge is 0.449 e. The molecule has 2 unspecified atom stereocenters. The lowest BCUT2D eigenvalue weighted by molar-refractivity contribution is -0.0431. The van der Waals surface area contributed by atoms with Gasteiger partial charge in [-0.2, -0.15) is 0 Å². The van der Waals surface area contributed by atoms with Crippen LogP contribution < -0.4 is 14.8 Å². The maximum absolute atomic E-state index is 5.79. The Labute approximate surface area is 121 Å². The number of rotatable bonds is 2. The molecule has 0 saturated carbocycles. The molecular formula is C16H24N2O2. The molecule has 3 rings (SSSR count). The topological polar surface area (TPSA) is 33.7 Å². The van der Waals surface area contributed by atoms with Gasteiger partial charge < -0.3 is 19.7 Å². The van der Waals surface area contributed by atoms with Crippen molar-refractivity contribution in [2.45, 2.75) is 51.5 Å². The lowest BCUT2D eigenvalue weighted by atomic mass is 9.98. The van der Waals surface area contributed by atoms with Crippen LogP contribution in [0.1, 0.15) is 33.6 Å². The number of anilines is 1. The van der Waals surface area contributed by atoms with Crippen molar-refractivity contribution in [3.05, 3.63) is 18.2 Å². The van der Waals surface area contributed by atoms with Crippen molar-refractivity contribution in [1.82, 2.24) is 4.90 Å². The van der Waals surface area contributed by atoms with Gasteiger partial charge >= 0.3 is 0 Å². The Hall–Kier alpha value is -1.42. The van der Waals surface area contributed by atoms with Crippen molar-refractivity contribution in [2.75, 3.05) is 18.9 Å². The van der Waals surface area contributed by atoms with Crippen LogP contribution in [-0.2, 0) is 0 Å². The Morgan fingerprint density at radius 1 is 1.25 bits per heavy atom. The van der Waals surface area contributed by atoms with Crippen LogP contribution in [0.4, 0.5) is 5.69 Å². The lowest BCUT2D eigenvalue weighted by Crippen LogP contribution is -2.42. The maximum atomic E-state index is 5.79. The van der Waals surface area contributed by atoms with E-state index in [0.29, 0.717) is 12.1 Å². The van der Waals surface area contributed by atoms with Gasteiger partial charge in [0.05, 0.1) is 0 Å². The van der Waals surface area contributed by atoms with Gasteiger partial charge in [0.2, 0.25) is 5.79 Å². The van der Waals surface area contributed by atoms with E-state index in [4.69, 9.17) is 9.47 Å². The third-order valence-electron chi connectivity index (χ3n) is 4.23. The van der Waals surface area contributed by atoms with Gasteiger partial charge in [-0.15, -0.1) is 0 Å². The smallest absolute Gasteiger partial charge is 0.246 e. The summed E-state index contributed by atoms with van der Waals surface area (Å²) in [4.78, 5) is 2.42. The molecule has 0 aromatic heterocycles. The zero-order valence-electron chi connectivity index (χ0n) is 12.8. The second-order valence-corrected chi connectivity index (χ2v) is 6.46. The normalized spacial score (nSPS) is 28.4. The first kappa shape index (κ1) is 13.6. The van der Waals surface area contributed by atoms with Gasteiger partial charge in [0, 0.05) is 44.2 Å². The Bertz CT molecular complexity index is 501. The number of ether oxygens (including phenoxy) is 2. The summed E-state index contributed by atoms with van der Waals surface area (Å²) in [5, 5.41) is 3.63. The summed E-state index contributed by atoms with van der Waals surface area (Å²) in [5.74, 6) is 1.11. The van der Waals surface area contributed by atoms with Gasteiger partial charge in [-0.25, -0.2) is 0 Å². The molecule has 4 nitrogen and oxygen atoms in total. The van der Waals surface area contributed by atoms with E-state index in [1.165, 1.54) is 12.8 Å². The van der Waals surface area contributed by atoms with E-state index in [9.17, 15) is 0 Å². The summed E-state index contributed by atoms with van der Waals surface area (Å²) in [6.45, 7) is 7.30. The van der Waals surface area contributed by atoms with E-state index < -0.39 is 5.79 Å². The molecule has 1 saturated heterocycles. The molecule has 1 aromatic rings. The van der Waals surface area contributed by atoms with Crippen LogP contribution in [0.25, 0.3) is 0 Å². The van der Waals surface area contributed by atoms with E-state index in [-0.39, 0.29) is 0 Å². The van der Waals surface area contributed by atoms with Crippen LogP contribution in [0.15, 0.2) is 18.2 Å². The predicted octanol–water partition coefficient (Wildman–Crippen LogP) is 3.09. The lowest BCUT2D eigenvalue weighted by Gasteiger charge is -2.35. The van der Waals surface area contributed by atoms with Crippen LogP contribution >= 0.6 is 0 Å². The van der Waals surface area contributed by atoms with Crippen LogP contribution in [0, 0.1) is 0 Å². The molecule has 0 aliphatic carbocycles. The summed E-state index contributed by atoms with van der Waals surface area (Å²) in [6, 6.07) is 7.29. The Kier molecular flexibility index (Phi) is 3.28. The molecule has 2 aliphatic heterocycles. The van der Waals surface area contributed by atoms with Crippen molar-refractivity contribution < 1.29 is 9.47 Å². The van der Waals surface area contributed by atoms with Crippen LogP contribution in [0.2, 0.25) is 0 Å². The Morgan fingerprint density at radius 3 is 2.75 bits per heavy atom. The van der Waals surface area contributed by atoms with Crippen LogP contribution in [0.5, 0.6) is 11.5 Å². The first-order valence-corrected chi connectivity index (χ1v) is 7.42. The van der Waals surface area contributed by atoms with Gasteiger partial charge in [-0.1, -0.05) is 0 Å². The second-order valence-electron chi connectivity index (χ2n) is 6.46. The first-order chi connectivity index (χ1) is 9.43. The highest BCUT2D eigenvalue weighted by atomic mass is 16.7. The molecule has 2 heterocycles. The van der Waals surface area contributed by atoms with E-state index in [1.807, 2.05) is 26.0 Å². The molecule has 4 heteroatoms. The van der Waals surface area contributed by atoms with Gasteiger partial charge in [0.1, 0.15) is 0 Å². The minimum atomic E-state index is -0.553. The van der Waals surface area contributed by atoms with E-state index in [0.717, 1.165) is 23.7 Å². The molecule has 1 aromatic carbocycles. The number of likely N-dealkylation sites (tertiary alicyclic amines) is 1. The second kappa shape index (κ2) is 4.85. The zero-order valence-corrected chi connectivity index (χ0v) is 12.8. The SMILES string of the molecule is CC1CC(Nc2ccc3c(c2)OC(C)(C)O3)CCN1C. The summed E-state index contributed by atoms with van der Waals surface area (Å²) in [5.41, 5.74) is 1.12. The molecule has 1 fully saturated rings. The molecular weight excluding hydrogens is 252 g/mol. The van der Waals surface area contributed by atoms with Crippen molar-refractivity contribution in [1.29, 1.82) is 0 Å². The average molecular weight is 276 g/mol. The number of fused-ring (bicyclic) bond motifs is 1. The molecule has 20 heavy (non-hydrogen) atoms. The predicted molar refractivity (Wildman–Crippen MR) is 80.5 cm³/mol.